The predicted molar refractivity (Wildman–Crippen MR) is 219 cm³/mol. The summed E-state index contributed by atoms with van der Waals surface area (Å²) >= 11 is 0.920. The van der Waals surface area contributed by atoms with Crippen molar-refractivity contribution in [2.45, 2.75) is 120 Å². The molecule has 4 unspecified atom stereocenters. The number of aliphatic carboxylic acids is 2. The standard InChI is InChI=1S/C36H55N11O15S/c1-16(41-19(4)49)28(54)42-17(2)29(55)43-18(3)30(56)45-22(9-7-11-39-35(37)38)24(51)12-26(53)62-13-21-14-63-34-36(40-15-48,33(61)47(34)27(21)32(59)60)46-25(52)10-6-8-23(31(57)58)44-20(5)50/h15-18,22-24,34,51H,6-14H2,1-5H3,(H,40,48)(H,41,49)(H,42,54)(H,43,55)(H,44,50)(H,45,56)(H,46,52)(H,57,58)(H,59,60)(H4,37,38,39)/t16-,17-,18-,22?,23?,24?,34?,36+/m0/s1. The predicted octanol–water partition coefficient (Wildman–Crippen LogP) is -5.08. The van der Waals surface area contributed by atoms with E-state index in [9.17, 15) is 68.1 Å². The molecule has 26 nitrogen and oxygen atoms in total. The fourth-order valence-electron chi connectivity index (χ4n) is 6.27. The van der Waals surface area contributed by atoms with Gasteiger partial charge in [0.25, 0.3) is 5.91 Å². The number of hydrogen-bond donors (Lipinski definition) is 12. The molecule has 0 saturated carbocycles. The summed E-state index contributed by atoms with van der Waals surface area (Å²) in [5.74, 6) is -9.47. The first-order valence-corrected chi connectivity index (χ1v) is 20.5. The fraction of sp³-hybridized carbons (Fsp3) is 0.611. The quantitative estimate of drug-likeness (QED) is 0.00735. The molecule has 0 aliphatic carbocycles. The lowest BCUT2D eigenvalue weighted by Crippen LogP contribution is -2.85. The number of guanidine groups is 1. The van der Waals surface area contributed by atoms with Crippen molar-refractivity contribution in [3.05, 3.63) is 11.3 Å². The van der Waals surface area contributed by atoms with E-state index < -0.39 is 125 Å². The van der Waals surface area contributed by atoms with E-state index in [0.717, 1.165) is 23.6 Å². The molecular weight excluding hydrogens is 859 g/mol. The Balaban J connectivity index is 2.12. The third-order valence-electron chi connectivity index (χ3n) is 9.41. The number of amides is 8. The molecule has 0 spiro atoms. The average molecular weight is 914 g/mol. The summed E-state index contributed by atoms with van der Waals surface area (Å²) in [5, 5.41) is 45.9. The second-order valence-electron chi connectivity index (χ2n) is 14.6. The van der Waals surface area contributed by atoms with Crippen LogP contribution in [0.1, 0.15) is 73.1 Å². The Kier molecular flexibility index (Phi) is 20.2. The number of nitrogens with one attached hydrogen (secondary N) is 7. The minimum absolute atomic E-state index is 0.0155. The average Bonchev–Trinajstić information content (AvgIpc) is 3.18. The number of esters is 1. The normalized spacial score (nSPS) is 19.4. The van der Waals surface area contributed by atoms with E-state index >= 15 is 0 Å². The Hall–Kier alpha value is -6.51. The number of β-lactam (4-membered cyclic amide) rings is 1. The number of hydrogen-bond acceptors (Lipinski definition) is 15. The Morgan fingerprint density at radius 3 is 1.98 bits per heavy atom. The van der Waals surface area contributed by atoms with E-state index in [1.54, 1.807) is 0 Å². The van der Waals surface area contributed by atoms with Gasteiger partial charge in [0.1, 0.15) is 41.8 Å². The van der Waals surface area contributed by atoms with Gasteiger partial charge < -0.3 is 68.7 Å². The van der Waals surface area contributed by atoms with Crippen molar-refractivity contribution in [1.82, 2.24) is 42.1 Å². The molecule has 2 rings (SSSR count). The van der Waals surface area contributed by atoms with Gasteiger partial charge in [0.05, 0.1) is 18.6 Å². The first-order chi connectivity index (χ1) is 29.4. The molecule has 14 N–H and O–H groups in total. The van der Waals surface area contributed by atoms with Crippen LogP contribution >= 0.6 is 11.8 Å². The molecule has 350 valence electrons. The zero-order valence-electron chi connectivity index (χ0n) is 35.2. The summed E-state index contributed by atoms with van der Waals surface area (Å²) in [7, 11) is 0. The first-order valence-electron chi connectivity index (χ1n) is 19.5. The van der Waals surface area contributed by atoms with E-state index in [4.69, 9.17) is 16.2 Å². The van der Waals surface area contributed by atoms with Gasteiger partial charge >= 0.3 is 17.9 Å². The largest absolute Gasteiger partial charge is 0.480 e. The summed E-state index contributed by atoms with van der Waals surface area (Å²) in [6.45, 7) is 5.83. The molecule has 27 heteroatoms. The molecule has 0 aromatic carbocycles. The second-order valence-corrected chi connectivity index (χ2v) is 15.6. The Morgan fingerprint density at radius 1 is 0.889 bits per heavy atom. The van der Waals surface area contributed by atoms with Crippen LogP contribution in [-0.4, -0.2) is 158 Å². The minimum atomic E-state index is -2.08. The van der Waals surface area contributed by atoms with Crippen LogP contribution in [0, 0.1) is 0 Å². The van der Waals surface area contributed by atoms with E-state index in [2.05, 4.69) is 42.2 Å². The highest BCUT2D eigenvalue weighted by atomic mass is 32.2. The summed E-state index contributed by atoms with van der Waals surface area (Å²) < 4.78 is 5.29. The van der Waals surface area contributed by atoms with Gasteiger partial charge in [0.15, 0.2) is 5.96 Å². The van der Waals surface area contributed by atoms with Crippen LogP contribution in [0.25, 0.3) is 0 Å². The van der Waals surface area contributed by atoms with E-state index in [1.807, 2.05) is 0 Å². The lowest BCUT2D eigenvalue weighted by molar-refractivity contribution is -0.162. The number of thioether (sulfide) groups is 1. The van der Waals surface area contributed by atoms with Gasteiger partial charge in [-0.15, -0.1) is 11.8 Å². The Morgan fingerprint density at radius 2 is 1.46 bits per heavy atom. The number of rotatable bonds is 26. The van der Waals surface area contributed by atoms with Gasteiger partial charge in [-0.25, -0.2) is 9.59 Å². The second kappa shape index (κ2) is 24.2. The molecule has 8 atom stereocenters. The molecule has 0 aromatic rings. The summed E-state index contributed by atoms with van der Waals surface area (Å²) in [5.41, 5.74) is 8.02. The van der Waals surface area contributed by atoms with Crippen molar-refractivity contribution in [1.29, 1.82) is 0 Å². The highest BCUT2D eigenvalue weighted by molar-refractivity contribution is 8.00. The van der Waals surface area contributed by atoms with Crippen molar-refractivity contribution >= 4 is 83.4 Å². The van der Waals surface area contributed by atoms with Crippen molar-refractivity contribution in [2.24, 2.45) is 16.5 Å². The number of aliphatic imine (C=N–C) groups is 1. The van der Waals surface area contributed by atoms with Crippen molar-refractivity contribution < 1.29 is 72.8 Å². The molecule has 0 radical (unpaired) electrons. The smallest absolute Gasteiger partial charge is 0.352 e. The van der Waals surface area contributed by atoms with Crippen LogP contribution < -0.4 is 48.7 Å². The molecule has 2 aliphatic rings. The summed E-state index contributed by atoms with van der Waals surface area (Å²) in [6, 6.07) is -5.71. The minimum Gasteiger partial charge on any atom is -0.480 e. The molecule has 8 amide bonds. The van der Waals surface area contributed by atoms with E-state index in [-0.39, 0.29) is 62.3 Å². The number of aliphatic hydroxyl groups is 1. The number of carbonyl (C=O) groups excluding carboxylic acids is 9. The van der Waals surface area contributed by atoms with Gasteiger partial charge in [-0.05, 0) is 46.5 Å². The molecule has 63 heavy (non-hydrogen) atoms. The van der Waals surface area contributed by atoms with Crippen LogP contribution in [0.5, 0.6) is 0 Å². The molecule has 1 fully saturated rings. The SMILES string of the molecule is CC(=O)NC(CCCC(=O)N[C@]1(NC=O)C(=O)N2C(C(=O)O)=C(COC(=O)CC(O)C(CCCN=C(N)N)NC(=O)[C@H](C)NC(=O)[C@H](C)NC(=O)[C@H](C)NC(C)=O)CSC21)C(=O)O. The maximum Gasteiger partial charge on any atom is 0.352 e. The highest BCUT2D eigenvalue weighted by Crippen LogP contribution is 2.45. The maximum absolute atomic E-state index is 13.5. The number of carbonyl (C=O) groups is 11. The molecule has 2 heterocycles. The Bertz CT molecular complexity index is 1860. The van der Waals surface area contributed by atoms with Gasteiger partial charge in [-0.3, -0.25) is 53.0 Å². The van der Waals surface area contributed by atoms with Crippen molar-refractivity contribution in [3.63, 3.8) is 0 Å². The van der Waals surface area contributed by atoms with E-state index in [0.29, 0.717) is 0 Å². The Labute approximate surface area is 364 Å². The van der Waals surface area contributed by atoms with Gasteiger partial charge in [0.2, 0.25) is 47.5 Å². The number of ether oxygens (including phenoxy) is 1. The topological polar surface area (TPSA) is 410 Å². The third-order valence-corrected chi connectivity index (χ3v) is 10.8. The van der Waals surface area contributed by atoms with Gasteiger partial charge in [-0.1, -0.05) is 0 Å². The lowest BCUT2D eigenvalue weighted by atomic mass is 9.94. The van der Waals surface area contributed by atoms with Crippen molar-refractivity contribution in [2.75, 3.05) is 18.9 Å². The zero-order valence-corrected chi connectivity index (χ0v) is 36.0. The number of fused-ring (bicyclic) bond motifs is 1. The number of aliphatic hydroxyl groups excluding tert-OH is 1. The molecule has 1 saturated heterocycles. The van der Waals surface area contributed by atoms with E-state index in [1.165, 1.54) is 27.7 Å². The van der Waals surface area contributed by atoms with Crippen molar-refractivity contribution in [3.8, 4) is 0 Å². The van der Waals surface area contributed by atoms with Crippen LogP contribution in [0.2, 0.25) is 0 Å². The molecule has 0 aromatic heterocycles. The zero-order chi connectivity index (χ0) is 47.8. The fourth-order valence-corrected chi connectivity index (χ4v) is 7.67. The molecular formula is C36H55N11O15S. The number of nitrogens with zero attached hydrogens (tertiary/aromatic N) is 2. The highest BCUT2D eigenvalue weighted by Gasteiger charge is 2.66. The maximum atomic E-state index is 13.5. The number of nitrogens with two attached hydrogens (primary N) is 2. The number of carboxylic acid groups (broad SMARTS) is 2. The lowest BCUT2D eigenvalue weighted by Gasteiger charge is -2.56. The monoisotopic (exact) mass is 913 g/mol. The molecule has 2 aliphatic heterocycles. The molecule has 0 bridgehead atoms. The van der Waals surface area contributed by atoms with Gasteiger partial charge in [-0.2, -0.15) is 0 Å². The van der Waals surface area contributed by atoms with Crippen LogP contribution in [-0.2, 0) is 57.5 Å². The third kappa shape index (κ3) is 15.4. The summed E-state index contributed by atoms with van der Waals surface area (Å²) in [4.78, 5) is 140. The van der Waals surface area contributed by atoms with Crippen LogP contribution in [0.3, 0.4) is 0 Å². The summed E-state index contributed by atoms with van der Waals surface area (Å²) in [6.07, 6.45) is -2.50. The van der Waals surface area contributed by atoms with Crippen LogP contribution in [0.4, 0.5) is 0 Å². The van der Waals surface area contributed by atoms with Crippen LogP contribution in [0.15, 0.2) is 16.3 Å². The number of carboxylic acids is 2. The van der Waals surface area contributed by atoms with Gasteiger partial charge in [0, 0.05) is 38.1 Å². The first kappa shape index (κ1) is 52.6.